The Morgan fingerprint density at radius 2 is 2.29 bits per heavy atom. The van der Waals surface area contributed by atoms with E-state index in [0.29, 0.717) is 6.54 Å². The zero-order valence-corrected chi connectivity index (χ0v) is 9.78. The van der Waals surface area contributed by atoms with Crippen LogP contribution in [0.1, 0.15) is 24.0 Å². The van der Waals surface area contributed by atoms with Crippen LogP contribution in [0.5, 0.6) is 0 Å². The van der Waals surface area contributed by atoms with Gasteiger partial charge >= 0.3 is 0 Å². The van der Waals surface area contributed by atoms with Crippen molar-refractivity contribution in [3.8, 4) is 0 Å². The number of carbonyl (C=O) groups excluding carboxylic acids is 1. The molecule has 0 bridgehead atoms. The summed E-state index contributed by atoms with van der Waals surface area (Å²) >= 11 is 0. The second-order valence-electron chi connectivity index (χ2n) is 4.34. The van der Waals surface area contributed by atoms with Gasteiger partial charge in [0.15, 0.2) is 0 Å². The van der Waals surface area contributed by atoms with E-state index in [1.165, 1.54) is 0 Å². The molecule has 1 aliphatic heterocycles. The summed E-state index contributed by atoms with van der Waals surface area (Å²) in [5.74, 6) is 0.0666. The van der Waals surface area contributed by atoms with Crippen LogP contribution in [0, 0.1) is 0 Å². The molecule has 1 heterocycles. The number of carbonyl (C=O) groups is 1. The number of hydrogen-bond acceptors (Lipinski definition) is 3. The van der Waals surface area contributed by atoms with Gasteiger partial charge in [-0.2, -0.15) is 0 Å². The lowest BCUT2D eigenvalue weighted by Crippen LogP contribution is -2.39. The number of amides is 1. The first kappa shape index (κ1) is 12.1. The number of benzene rings is 1. The molecule has 17 heavy (non-hydrogen) atoms. The van der Waals surface area contributed by atoms with Gasteiger partial charge in [0.1, 0.15) is 0 Å². The van der Waals surface area contributed by atoms with Gasteiger partial charge in [-0.15, -0.1) is 0 Å². The van der Waals surface area contributed by atoms with E-state index in [-0.39, 0.29) is 18.6 Å². The molecule has 1 aliphatic rings. The van der Waals surface area contributed by atoms with E-state index in [0.717, 1.165) is 30.5 Å². The Hall–Kier alpha value is -1.39. The van der Waals surface area contributed by atoms with Gasteiger partial charge in [-0.25, -0.2) is 0 Å². The quantitative estimate of drug-likeness (QED) is 0.713. The van der Waals surface area contributed by atoms with Gasteiger partial charge < -0.3 is 15.7 Å². The monoisotopic (exact) mass is 234 g/mol. The van der Waals surface area contributed by atoms with Gasteiger partial charge in [0.05, 0.1) is 12.6 Å². The lowest BCUT2D eigenvalue weighted by Gasteiger charge is -2.11. The molecule has 1 saturated heterocycles. The average molecular weight is 234 g/mol. The highest BCUT2D eigenvalue weighted by atomic mass is 16.3. The first-order valence-electron chi connectivity index (χ1n) is 5.99. The molecule has 92 valence electrons. The molecular weight excluding hydrogens is 216 g/mol. The van der Waals surface area contributed by atoms with Crippen LogP contribution in [-0.2, 0) is 17.9 Å². The van der Waals surface area contributed by atoms with E-state index in [2.05, 4.69) is 10.6 Å². The second kappa shape index (κ2) is 5.80. The lowest BCUT2D eigenvalue weighted by atomic mass is 10.1. The Kier molecular flexibility index (Phi) is 4.12. The average Bonchev–Trinajstić information content (AvgIpc) is 2.90. The minimum atomic E-state index is -0.0315. The summed E-state index contributed by atoms with van der Waals surface area (Å²) in [5.41, 5.74) is 1.89. The molecule has 0 radical (unpaired) electrons. The molecule has 4 heteroatoms. The van der Waals surface area contributed by atoms with E-state index in [4.69, 9.17) is 5.11 Å². The van der Waals surface area contributed by atoms with Crippen LogP contribution >= 0.6 is 0 Å². The molecule has 4 nitrogen and oxygen atoms in total. The SMILES string of the molecule is O=C(NCc1cccc(CO)c1)[C@H]1CCCN1. The van der Waals surface area contributed by atoms with Crippen molar-refractivity contribution in [2.24, 2.45) is 0 Å². The van der Waals surface area contributed by atoms with Crippen LogP contribution in [0.15, 0.2) is 24.3 Å². The fraction of sp³-hybridized carbons (Fsp3) is 0.462. The summed E-state index contributed by atoms with van der Waals surface area (Å²) in [7, 11) is 0. The first-order chi connectivity index (χ1) is 8.29. The van der Waals surface area contributed by atoms with Gasteiger partial charge in [-0.3, -0.25) is 4.79 Å². The minimum absolute atomic E-state index is 0.0315. The maximum absolute atomic E-state index is 11.8. The van der Waals surface area contributed by atoms with Gasteiger partial charge in [-0.05, 0) is 30.5 Å². The summed E-state index contributed by atoms with van der Waals surface area (Å²) in [6.07, 6.45) is 1.99. The van der Waals surface area contributed by atoms with Crippen LogP contribution in [0.2, 0.25) is 0 Å². The smallest absolute Gasteiger partial charge is 0.237 e. The number of rotatable bonds is 4. The van der Waals surface area contributed by atoms with Crippen molar-refractivity contribution in [1.29, 1.82) is 0 Å². The van der Waals surface area contributed by atoms with Crippen molar-refractivity contribution >= 4 is 5.91 Å². The van der Waals surface area contributed by atoms with Gasteiger partial charge in [0.25, 0.3) is 0 Å². The summed E-state index contributed by atoms with van der Waals surface area (Å²) in [6, 6.07) is 7.57. The van der Waals surface area contributed by atoms with Crippen LogP contribution in [0.4, 0.5) is 0 Å². The highest BCUT2D eigenvalue weighted by molar-refractivity contribution is 5.81. The standard InChI is InChI=1S/C13H18N2O2/c16-9-11-4-1-3-10(7-11)8-15-13(17)12-5-2-6-14-12/h1,3-4,7,12,14,16H,2,5-6,8-9H2,(H,15,17)/t12-/m1/s1. The minimum Gasteiger partial charge on any atom is -0.392 e. The number of aliphatic hydroxyl groups excluding tert-OH is 1. The topological polar surface area (TPSA) is 61.4 Å². The van der Waals surface area contributed by atoms with Crippen molar-refractivity contribution in [1.82, 2.24) is 10.6 Å². The second-order valence-corrected chi connectivity index (χ2v) is 4.34. The number of nitrogens with one attached hydrogen (secondary N) is 2. The van der Waals surface area contributed by atoms with E-state index < -0.39 is 0 Å². The fourth-order valence-electron chi connectivity index (χ4n) is 2.06. The molecule has 1 fully saturated rings. The highest BCUT2D eigenvalue weighted by Crippen LogP contribution is 2.07. The van der Waals surface area contributed by atoms with Gasteiger partial charge in [0, 0.05) is 6.54 Å². The van der Waals surface area contributed by atoms with Crippen molar-refractivity contribution < 1.29 is 9.90 Å². The summed E-state index contributed by atoms with van der Waals surface area (Å²) in [5, 5.41) is 15.1. The summed E-state index contributed by atoms with van der Waals surface area (Å²) < 4.78 is 0. The third kappa shape index (κ3) is 3.28. The van der Waals surface area contributed by atoms with E-state index in [9.17, 15) is 4.79 Å². The molecule has 0 unspecified atom stereocenters. The van der Waals surface area contributed by atoms with Crippen molar-refractivity contribution in [2.45, 2.75) is 32.0 Å². The third-order valence-electron chi connectivity index (χ3n) is 3.02. The lowest BCUT2D eigenvalue weighted by molar-refractivity contribution is -0.122. The third-order valence-corrected chi connectivity index (χ3v) is 3.02. The number of aliphatic hydroxyl groups is 1. The van der Waals surface area contributed by atoms with E-state index in [1.54, 1.807) is 0 Å². The van der Waals surface area contributed by atoms with Crippen molar-refractivity contribution in [2.75, 3.05) is 6.54 Å². The maximum atomic E-state index is 11.8. The molecule has 1 amide bonds. The number of hydrogen-bond donors (Lipinski definition) is 3. The molecule has 1 aromatic rings. The molecule has 0 aromatic heterocycles. The maximum Gasteiger partial charge on any atom is 0.237 e. The summed E-state index contributed by atoms with van der Waals surface area (Å²) in [6.45, 7) is 1.48. The van der Waals surface area contributed by atoms with Crippen LogP contribution in [-0.4, -0.2) is 23.6 Å². The predicted octanol–water partition coefficient (Wildman–Crippen LogP) is 0.547. The molecular formula is C13H18N2O2. The molecule has 3 N–H and O–H groups in total. The Bertz CT molecular complexity index is 387. The zero-order chi connectivity index (χ0) is 12.1. The molecule has 2 rings (SSSR count). The fourth-order valence-corrected chi connectivity index (χ4v) is 2.06. The zero-order valence-electron chi connectivity index (χ0n) is 9.78. The van der Waals surface area contributed by atoms with Crippen LogP contribution < -0.4 is 10.6 Å². The summed E-state index contributed by atoms with van der Waals surface area (Å²) in [4.78, 5) is 11.8. The molecule has 0 spiro atoms. The van der Waals surface area contributed by atoms with Crippen molar-refractivity contribution in [3.63, 3.8) is 0 Å². The first-order valence-corrected chi connectivity index (χ1v) is 5.99. The Morgan fingerprint density at radius 3 is 3.00 bits per heavy atom. The largest absolute Gasteiger partial charge is 0.392 e. The van der Waals surface area contributed by atoms with Crippen molar-refractivity contribution in [3.05, 3.63) is 35.4 Å². The molecule has 1 atom stereocenters. The molecule has 1 aromatic carbocycles. The normalized spacial score (nSPS) is 19.2. The Balaban J connectivity index is 1.86. The van der Waals surface area contributed by atoms with E-state index in [1.807, 2.05) is 24.3 Å². The van der Waals surface area contributed by atoms with Crippen LogP contribution in [0.25, 0.3) is 0 Å². The van der Waals surface area contributed by atoms with Gasteiger partial charge in [-0.1, -0.05) is 24.3 Å². The highest BCUT2D eigenvalue weighted by Gasteiger charge is 2.21. The Morgan fingerprint density at radius 1 is 1.47 bits per heavy atom. The molecule has 0 aliphatic carbocycles. The van der Waals surface area contributed by atoms with Gasteiger partial charge in [0.2, 0.25) is 5.91 Å². The van der Waals surface area contributed by atoms with E-state index >= 15 is 0 Å². The Labute approximate surface area is 101 Å². The molecule has 0 saturated carbocycles. The van der Waals surface area contributed by atoms with Crippen LogP contribution in [0.3, 0.4) is 0 Å². The predicted molar refractivity (Wildman–Crippen MR) is 65.2 cm³/mol.